The average molecular weight is 215 g/mol. The number of ether oxygens (including phenoxy) is 1. The molecule has 1 heterocycles. The lowest BCUT2D eigenvalue weighted by molar-refractivity contribution is 0.462. The lowest BCUT2D eigenvalue weighted by Crippen LogP contribution is -1.99. The van der Waals surface area contributed by atoms with Gasteiger partial charge in [-0.3, -0.25) is 0 Å². The summed E-state index contributed by atoms with van der Waals surface area (Å²) >= 11 is 0. The minimum absolute atomic E-state index is 0.544. The summed E-state index contributed by atoms with van der Waals surface area (Å²) in [6.45, 7) is 1.90. The molecule has 0 atom stereocenters. The molecule has 0 aliphatic carbocycles. The first-order chi connectivity index (χ1) is 7.78. The van der Waals surface area contributed by atoms with Gasteiger partial charge in [0.2, 0.25) is 11.8 Å². The quantitative estimate of drug-likeness (QED) is 0.855. The standard InChI is InChI=1S/C12H13N3O/c1-9-8-11(15-12(13-2)14-9)16-10-6-4-3-5-7-10/h3-8H,1-2H3,(H,13,14,15). The SMILES string of the molecule is CNc1nc(C)cc(Oc2ccccc2)n1. The van der Waals surface area contributed by atoms with Crippen LogP contribution in [0.15, 0.2) is 36.4 Å². The minimum atomic E-state index is 0.544. The van der Waals surface area contributed by atoms with E-state index >= 15 is 0 Å². The zero-order chi connectivity index (χ0) is 11.4. The van der Waals surface area contributed by atoms with Gasteiger partial charge < -0.3 is 10.1 Å². The van der Waals surface area contributed by atoms with Crippen molar-refractivity contribution in [3.05, 3.63) is 42.1 Å². The average Bonchev–Trinajstić information content (AvgIpc) is 2.29. The third kappa shape index (κ3) is 2.48. The van der Waals surface area contributed by atoms with Crippen LogP contribution in [-0.2, 0) is 0 Å². The first-order valence-corrected chi connectivity index (χ1v) is 5.04. The van der Waals surface area contributed by atoms with Gasteiger partial charge in [-0.15, -0.1) is 0 Å². The topological polar surface area (TPSA) is 47.0 Å². The molecule has 4 nitrogen and oxygen atoms in total. The summed E-state index contributed by atoms with van der Waals surface area (Å²) in [6.07, 6.45) is 0. The molecule has 0 radical (unpaired) electrons. The summed E-state index contributed by atoms with van der Waals surface area (Å²) in [5, 5.41) is 2.89. The first-order valence-electron chi connectivity index (χ1n) is 5.04. The predicted octanol–water partition coefficient (Wildman–Crippen LogP) is 2.62. The number of hydrogen-bond acceptors (Lipinski definition) is 4. The van der Waals surface area contributed by atoms with E-state index in [9.17, 15) is 0 Å². The maximum absolute atomic E-state index is 5.61. The van der Waals surface area contributed by atoms with Crippen LogP contribution in [0.1, 0.15) is 5.69 Å². The van der Waals surface area contributed by atoms with Gasteiger partial charge in [-0.2, -0.15) is 4.98 Å². The Morgan fingerprint density at radius 3 is 2.56 bits per heavy atom. The molecule has 0 bridgehead atoms. The number of nitrogens with zero attached hydrogens (tertiary/aromatic N) is 2. The largest absolute Gasteiger partial charge is 0.439 e. The molecule has 1 aromatic carbocycles. The van der Waals surface area contributed by atoms with E-state index in [0.29, 0.717) is 11.8 Å². The molecule has 0 fully saturated rings. The molecule has 0 aliphatic rings. The van der Waals surface area contributed by atoms with Crippen LogP contribution in [0.2, 0.25) is 0 Å². The number of hydrogen-bond donors (Lipinski definition) is 1. The summed E-state index contributed by atoms with van der Waals surface area (Å²) in [4.78, 5) is 8.39. The molecule has 4 heteroatoms. The van der Waals surface area contributed by atoms with E-state index in [-0.39, 0.29) is 0 Å². The Balaban J connectivity index is 2.24. The number of anilines is 1. The number of para-hydroxylation sites is 1. The van der Waals surface area contributed by atoms with E-state index in [1.165, 1.54) is 0 Å². The number of nitrogens with one attached hydrogen (secondary N) is 1. The molecule has 0 saturated heterocycles. The van der Waals surface area contributed by atoms with Crippen LogP contribution in [0.25, 0.3) is 0 Å². The highest BCUT2D eigenvalue weighted by Gasteiger charge is 2.02. The summed E-state index contributed by atoms with van der Waals surface area (Å²) < 4.78 is 5.61. The van der Waals surface area contributed by atoms with Gasteiger partial charge in [-0.1, -0.05) is 18.2 Å². The summed E-state index contributed by atoms with van der Waals surface area (Å²) in [5.41, 5.74) is 0.866. The second-order valence-electron chi connectivity index (χ2n) is 3.34. The molecular formula is C12H13N3O. The van der Waals surface area contributed by atoms with Gasteiger partial charge in [-0.05, 0) is 19.1 Å². The highest BCUT2D eigenvalue weighted by atomic mass is 16.5. The molecule has 82 valence electrons. The Bertz CT molecular complexity index is 471. The molecule has 1 aromatic heterocycles. The zero-order valence-corrected chi connectivity index (χ0v) is 9.27. The van der Waals surface area contributed by atoms with E-state index < -0.39 is 0 Å². The fourth-order valence-electron chi connectivity index (χ4n) is 1.31. The third-order valence-electron chi connectivity index (χ3n) is 2.02. The van der Waals surface area contributed by atoms with Crippen LogP contribution in [0.5, 0.6) is 11.6 Å². The van der Waals surface area contributed by atoms with Gasteiger partial charge in [0, 0.05) is 18.8 Å². The monoisotopic (exact) mass is 215 g/mol. The maximum Gasteiger partial charge on any atom is 0.225 e. The van der Waals surface area contributed by atoms with Gasteiger partial charge in [0.1, 0.15) is 5.75 Å². The highest BCUT2D eigenvalue weighted by molar-refractivity contribution is 5.33. The fraction of sp³-hybridized carbons (Fsp3) is 0.167. The van der Waals surface area contributed by atoms with Gasteiger partial charge >= 0.3 is 0 Å². The van der Waals surface area contributed by atoms with Gasteiger partial charge in [-0.25, -0.2) is 4.98 Å². The summed E-state index contributed by atoms with van der Waals surface area (Å²) in [7, 11) is 1.78. The van der Waals surface area contributed by atoms with Crippen LogP contribution in [-0.4, -0.2) is 17.0 Å². The molecule has 16 heavy (non-hydrogen) atoms. The molecule has 1 N–H and O–H groups in total. The second kappa shape index (κ2) is 4.61. The Hall–Kier alpha value is -2.10. The zero-order valence-electron chi connectivity index (χ0n) is 9.27. The van der Waals surface area contributed by atoms with Crippen LogP contribution < -0.4 is 10.1 Å². The molecule has 0 spiro atoms. The lowest BCUT2D eigenvalue weighted by Gasteiger charge is -2.06. The van der Waals surface area contributed by atoms with Crippen molar-refractivity contribution < 1.29 is 4.74 Å². The smallest absolute Gasteiger partial charge is 0.225 e. The molecule has 2 aromatic rings. The lowest BCUT2D eigenvalue weighted by atomic mass is 10.3. The van der Waals surface area contributed by atoms with E-state index in [2.05, 4.69) is 15.3 Å². The number of benzene rings is 1. The number of aryl methyl sites for hydroxylation is 1. The van der Waals surface area contributed by atoms with E-state index in [4.69, 9.17) is 4.74 Å². The van der Waals surface area contributed by atoms with Crippen LogP contribution in [0.3, 0.4) is 0 Å². The van der Waals surface area contributed by atoms with Gasteiger partial charge in [0.15, 0.2) is 0 Å². The highest BCUT2D eigenvalue weighted by Crippen LogP contribution is 2.20. The van der Waals surface area contributed by atoms with Crippen LogP contribution in [0, 0.1) is 6.92 Å². The van der Waals surface area contributed by atoms with Crippen molar-refractivity contribution in [1.29, 1.82) is 0 Å². The van der Waals surface area contributed by atoms with Crippen molar-refractivity contribution in [3.8, 4) is 11.6 Å². The Morgan fingerprint density at radius 2 is 1.88 bits per heavy atom. The van der Waals surface area contributed by atoms with Crippen molar-refractivity contribution in [3.63, 3.8) is 0 Å². The summed E-state index contributed by atoms with van der Waals surface area (Å²) in [6, 6.07) is 11.3. The number of aromatic nitrogens is 2. The maximum atomic E-state index is 5.61. The van der Waals surface area contributed by atoms with Crippen molar-refractivity contribution in [2.75, 3.05) is 12.4 Å². The Kier molecular flexibility index (Phi) is 3.00. The van der Waals surface area contributed by atoms with Crippen LogP contribution in [0.4, 0.5) is 5.95 Å². The Labute approximate surface area is 94.3 Å². The van der Waals surface area contributed by atoms with Crippen molar-refractivity contribution in [2.24, 2.45) is 0 Å². The number of rotatable bonds is 3. The van der Waals surface area contributed by atoms with Crippen molar-refractivity contribution in [2.45, 2.75) is 6.92 Å². The molecule has 0 aliphatic heterocycles. The molecule has 0 unspecified atom stereocenters. The Morgan fingerprint density at radius 1 is 1.12 bits per heavy atom. The molecule has 0 amide bonds. The van der Waals surface area contributed by atoms with Crippen molar-refractivity contribution >= 4 is 5.95 Å². The third-order valence-corrected chi connectivity index (χ3v) is 2.02. The van der Waals surface area contributed by atoms with Crippen molar-refractivity contribution in [1.82, 2.24) is 9.97 Å². The van der Waals surface area contributed by atoms with Crippen LogP contribution >= 0.6 is 0 Å². The fourth-order valence-corrected chi connectivity index (χ4v) is 1.31. The van der Waals surface area contributed by atoms with E-state index in [1.54, 1.807) is 13.1 Å². The second-order valence-corrected chi connectivity index (χ2v) is 3.34. The molecule has 2 rings (SSSR count). The van der Waals surface area contributed by atoms with Gasteiger partial charge in [0.25, 0.3) is 0 Å². The molecule has 0 saturated carbocycles. The van der Waals surface area contributed by atoms with E-state index in [0.717, 1.165) is 11.4 Å². The minimum Gasteiger partial charge on any atom is -0.439 e. The first kappa shape index (κ1) is 10.4. The summed E-state index contributed by atoms with van der Waals surface area (Å²) in [5.74, 6) is 1.87. The van der Waals surface area contributed by atoms with E-state index in [1.807, 2.05) is 37.3 Å². The predicted molar refractivity (Wildman–Crippen MR) is 62.8 cm³/mol. The van der Waals surface area contributed by atoms with Gasteiger partial charge in [0.05, 0.1) is 0 Å². The molecular weight excluding hydrogens is 202 g/mol. The normalized spacial score (nSPS) is 9.88.